The molecule has 1 N–H and O–H groups in total. The molecule has 0 unspecified atom stereocenters. The first-order valence-electron chi connectivity index (χ1n) is 5.98. The topological polar surface area (TPSA) is 72.2 Å². The summed E-state index contributed by atoms with van der Waals surface area (Å²) in [5, 5.41) is 9.22. The average molecular weight is 252 g/mol. The molecule has 100 valence electrons. The van der Waals surface area contributed by atoms with E-state index in [1.165, 1.54) is 10.8 Å². The third kappa shape index (κ3) is 3.18. The second kappa shape index (κ2) is 4.92. The summed E-state index contributed by atoms with van der Waals surface area (Å²) in [6.07, 6.45) is 1.40. The predicted octanol–water partition coefficient (Wildman–Crippen LogP) is 1.89. The van der Waals surface area contributed by atoms with Crippen LogP contribution < -0.4 is 5.69 Å². The fourth-order valence-electron chi connectivity index (χ4n) is 1.74. The minimum Gasteiger partial charge on any atom is -0.478 e. The molecule has 5 nitrogen and oxygen atoms in total. The third-order valence-electron chi connectivity index (χ3n) is 2.50. The van der Waals surface area contributed by atoms with Gasteiger partial charge in [0.2, 0.25) is 0 Å². The number of nitrogens with zero attached hydrogens (tertiary/aromatic N) is 2. The molecule has 0 aliphatic carbocycles. The highest BCUT2D eigenvalue weighted by Crippen LogP contribution is 2.22. The van der Waals surface area contributed by atoms with Crippen molar-refractivity contribution in [3.8, 4) is 0 Å². The first kappa shape index (κ1) is 14.4. The van der Waals surface area contributed by atoms with Gasteiger partial charge in [-0.1, -0.05) is 34.6 Å². The molecule has 1 aromatic heterocycles. The van der Waals surface area contributed by atoms with Crippen LogP contribution >= 0.6 is 0 Å². The molecule has 1 aromatic rings. The van der Waals surface area contributed by atoms with Crippen molar-refractivity contribution in [1.29, 1.82) is 0 Å². The molecule has 0 fully saturated rings. The molecule has 0 atom stereocenters. The first-order chi connectivity index (χ1) is 8.12. The highest BCUT2D eigenvalue weighted by Gasteiger charge is 2.25. The molecule has 0 aliphatic heterocycles. The molecule has 0 aliphatic rings. The van der Waals surface area contributed by atoms with Gasteiger partial charge in [-0.2, -0.15) is 4.98 Å². The van der Waals surface area contributed by atoms with Crippen molar-refractivity contribution in [2.24, 2.45) is 5.92 Å². The Morgan fingerprint density at radius 1 is 1.44 bits per heavy atom. The second-order valence-corrected chi connectivity index (χ2v) is 5.89. The van der Waals surface area contributed by atoms with Crippen LogP contribution in [-0.2, 0) is 12.0 Å². The average Bonchev–Trinajstić information content (AvgIpc) is 2.17. The monoisotopic (exact) mass is 252 g/mol. The quantitative estimate of drug-likeness (QED) is 0.891. The van der Waals surface area contributed by atoms with E-state index in [2.05, 4.69) is 4.98 Å². The standard InChI is InChI=1S/C13H20N2O3/c1-8(2)6-15-7-9(11(16)17)10(13(3,4)5)14-12(15)18/h7-8H,6H2,1-5H3,(H,16,17). The van der Waals surface area contributed by atoms with E-state index in [1.807, 2.05) is 34.6 Å². The van der Waals surface area contributed by atoms with Crippen LogP contribution in [0, 0.1) is 5.92 Å². The normalized spacial score (nSPS) is 11.9. The van der Waals surface area contributed by atoms with Crippen molar-refractivity contribution in [3.05, 3.63) is 27.9 Å². The Kier molecular flexibility index (Phi) is 3.94. The van der Waals surface area contributed by atoms with E-state index >= 15 is 0 Å². The van der Waals surface area contributed by atoms with E-state index in [0.717, 1.165) is 0 Å². The van der Waals surface area contributed by atoms with Crippen molar-refractivity contribution in [2.75, 3.05) is 0 Å². The Hall–Kier alpha value is -1.65. The number of rotatable bonds is 3. The Bertz CT molecular complexity index is 510. The zero-order valence-corrected chi connectivity index (χ0v) is 11.5. The van der Waals surface area contributed by atoms with Crippen LogP contribution in [0.25, 0.3) is 0 Å². The smallest absolute Gasteiger partial charge is 0.347 e. The van der Waals surface area contributed by atoms with E-state index in [-0.39, 0.29) is 11.5 Å². The minimum absolute atomic E-state index is 0.0998. The molecule has 1 heterocycles. The number of carbonyl (C=O) groups is 1. The van der Waals surface area contributed by atoms with Crippen LogP contribution in [0.5, 0.6) is 0 Å². The number of aromatic nitrogens is 2. The van der Waals surface area contributed by atoms with Crippen molar-refractivity contribution in [2.45, 2.75) is 46.6 Å². The van der Waals surface area contributed by atoms with Crippen molar-refractivity contribution in [3.63, 3.8) is 0 Å². The van der Waals surface area contributed by atoms with Gasteiger partial charge in [-0.15, -0.1) is 0 Å². The van der Waals surface area contributed by atoms with Gasteiger partial charge >= 0.3 is 11.7 Å². The van der Waals surface area contributed by atoms with Crippen molar-refractivity contribution >= 4 is 5.97 Å². The fourth-order valence-corrected chi connectivity index (χ4v) is 1.74. The van der Waals surface area contributed by atoms with Gasteiger partial charge < -0.3 is 5.11 Å². The van der Waals surface area contributed by atoms with Gasteiger partial charge in [0.1, 0.15) is 0 Å². The Labute approximate surface area is 106 Å². The van der Waals surface area contributed by atoms with E-state index in [9.17, 15) is 14.7 Å². The summed E-state index contributed by atoms with van der Waals surface area (Å²) >= 11 is 0. The van der Waals surface area contributed by atoms with Crippen LogP contribution in [0.2, 0.25) is 0 Å². The minimum atomic E-state index is -1.05. The largest absolute Gasteiger partial charge is 0.478 e. The maximum Gasteiger partial charge on any atom is 0.347 e. The van der Waals surface area contributed by atoms with Gasteiger partial charge in [-0.05, 0) is 5.92 Å². The van der Waals surface area contributed by atoms with Gasteiger partial charge in [0, 0.05) is 18.2 Å². The predicted molar refractivity (Wildman–Crippen MR) is 69.0 cm³/mol. The Morgan fingerprint density at radius 3 is 2.39 bits per heavy atom. The highest BCUT2D eigenvalue weighted by molar-refractivity contribution is 5.88. The van der Waals surface area contributed by atoms with Crippen molar-refractivity contribution < 1.29 is 9.90 Å². The first-order valence-corrected chi connectivity index (χ1v) is 5.98. The summed E-state index contributed by atoms with van der Waals surface area (Å²) in [4.78, 5) is 27.1. The second-order valence-electron chi connectivity index (χ2n) is 5.89. The number of carboxylic acid groups (broad SMARTS) is 1. The molecule has 5 heteroatoms. The summed E-state index contributed by atoms with van der Waals surface area (Å²) < 4.78 is 1.36. The maximum absolute atomic E-state index is 11.9. The number of carboxylic acids is 1. The zero-order valence-electron chi connectivity index (χ0n) is 11.5. The van der Waals surface area contributed by atoms with Crippen LogP contribution in [-0.4, -0.2) is 20.6 Å². The van der Waals surface area contributed by atoms with E-state index in [1.54, 1.807) is 0 Å². The van der Waals surface area contributed by atoms with Gasteiger partial charge in [-0.25, -0.2) is 9.59 Å². The van der Waals surface area contributed by atoms with Gasteiger partial charge in [0.25, 0.3) is 0 Å². The summed E-state index contributed by atoms with van der Waals surface area (Å²) in [6.45, 7) is 9.92. The molecule has 0 saturated carbocycles. The number of hydrogen-bond acceptors (Lipinski definition) is 3. The van der Waals surface area contributed by atoms with Gasteiger partial charge in [-0.3, -0.25) is 4.57 Å². The third-order valence-corrected chi connectivity index (χ3v) is 2.50. The number of aromatic carboxylic acids is 1. The van der Waals surface area contributed by atoms with Crippen LogP contribution in [0.15, 0.2) is 11.0 Å². The molecule has 0 amide bonds. The van der Waals surface area contributed by atoms with Crippen LogP contribution in [0.1, 0.15) is 50.7 Å². The van der Waals surface area contributed by atoms with E-state index in [4.69, 9.17) is 0 Å². The van der Waals surface area contributed by atoms with Gasteiger partial charge in [0.05, 0.1) is 11.3 Å². The molecule has 18 heavy (non-hydrogen) atoms. The lowest BCUT2D eigenvalue weighted by Gasteiger charge is -2.20. The summed E-state index contributed by atoms with van der Waals surface area (Å²) in [7, 11) is 0. The lowest BCUT2D eigenvalue weighted by molar-refractivity contribution is 0.0692. The lowest BCUT2D eigenvalue weighted by Crippen LogP contribution is -2.31. The lowest BCUT2D eigenvalue weighted by atomic mass is 9.89. The van der Waals surface area contributed by atoms with Crippen LogP contribution in [0.4, 0.5) is 0 Å². The van der Waals surface area contributed by atoms with E-state index < -0.39 is 17.1 Å². The number of hydrogen-bond donors (Lipinski definition) is 1. The SMILES string of the molecule is CC(C)Cn1cc(C(=O)O)c(C(C)(C)C)nc1=O. The molecule has 0 saturated heterocycles. The Balaban J connectivity index is 3.45. The van der Waals surface area contributed by atoms with Crippen LogP contribution in [0.3, 0.4) is 0 Å². The van der Waals surface area contributed by atoms with Crippen molar-refractivity contribution in [1.82, 2.24) is 9.55 Å². The molecule has 0 spiro atoms. The molecular weight excluding hydrogens is 232 g/mol. The summed E-state index contributed by atoms with van der Waals surface area (Å²) in [5.74, 6) is -0.795. The molecule has 0 bridgehead atoms. The van der Waals surface area contributed by atoms with Gasteiger partial charge in [0.15, 0.2) is 0 Å². The molecule has 0 aromatic carbocycles. The molecule has 1 rings (SSSR count). The zero-order chi connectivity index (χ0) is 14.1. The highest BCUT2D eigenvalue weighted by atomic mass is 16.4. The summed E-state index contributed by atoms with van der Waals surface area (Å²) in [6, 6.07) is 0. The maximum atomic E-state index is 11.9. The summed E-state index contributed by atoms with van der Waals surface area (Å²) in [5.41, 5.74) is -0.426. The molecular formula is C13H20N2O3. The Morgan fingerprint density at radius 2 is 2.00 bits per heavy atom. The molecule has 0 radical (unpaired) electrons. The fraction of sp³-hybridized carbons (Fsp3) is 0.615. The van der Waals surface area contributed by atoms with E-state index in [0.29, 0.717) is 12.2 Å².